The van der Waals surface area contributed by atoms with E-state index in [0.29, 0.717) is 12.5 Å². The quantitative estimate of drug-likeness (QED) is 0.798. The number of nitrogens with one attached hydrogen (secondary N) is 2. The first-order valence-corrected chi connectivity index (χ1v) is 7.39. The van der Waals surface area contributed by atoms with Crippen molar-refractivity contribution in [1.29, 1.82) is 0 Å². The average molecular weight is 292 g/mol. The lowest BCUT2D eigenvalue weighted by molar-refractivity contribution is -0.127. The maximum absolute atomic E-state index is 12.0. The highest BCUT2D eigenvalue weighted by atomic mass is 16.5. The molecular formula is C16H24N2O3. The minimum Gasteiger partial charge on any atom is -0.497 e. The Hall–Kier alpha value is -1.75. The molecule has 1 aromatic rings. The topological polar surface area (TPSA) is 59.6 Å². The Labute approximate surface area is 126 Å². The number of carbonyl (C=O) groups is 1. The zero-order valence-corrected chi connectivity index (χ0v) is 12.9. The summed E-state index contributed by atoms with van der Waals surface area (Å²) < 4.78 is 10.9. The summed E-state index contributed by atoms with van der Waals surface area (Å²) in [6.45, 7) is 6.29. The van der Waals surface area contributed by atoms with Gasteiger partial charge in [-0.25, -0.2) is 0 Å². The van der Waals surface area contributed by atoms with Crippen LogP contribution in [-0.4, -0.2) is 38.8 Å². The van der Waals surface area contributed by atoms with Crippen LogP contribution in [0.5, 0.6) is 11.5 Å². The van der Waals surface area contributed by atoms with Gasteiger partial charge in [-0.15, -0.1) is 0 Å². The van der Waals surface area contributed by atoms with Crippen molar-refractivity contribution >= 4 is 5.91 Å². The van der Waals surface area contributed by atoms with Gasteiger partial charge in [0.15, 0.2) is 0 Å². The van der Waals surface area contributed by atoms with Gasteiger partial charge in [-0.05, 0) is 38.1 Å². The third-order valence-electron chi connectivity index (χ3n) is 3.88. The fourth-order valence-corrected chi connectivity index (χ4v) is 2.23. The monoisotopic (exact) mass is 292 g/mol. The van der Waals surface area contributed by atoms with E-state index in [2.05, 4.69) is 10.6 Å². The largest absolute Gasteiger partial charge is 0.497 e. The highest BCUT2D eigenvalue weighted by Gasteiger charge is 2.28. The predicted octanol–water partition coefficient (Wildman–Crippen LogP) is 1.43. The van der Waals surface area contributed by atoms with Crippen molar-refractivity contribution in [3.63, 3.8) is 0 Å². The van der Waals surface area contributed by atoms with Crippen molar-refractivity contribution in [3.05, 3.63) is 24.3 Å². The zero-order chi connectivity index (χ0) is 15.2. The SMILES string of the molecule is COc1cccc(OC(C)CNC(=O)C(C)C2CNC2)c1. The molecule has 0 aromatic heterocycles. The van der Waals surface area contributed by atoms with Crippen LogP contribution in [0.25, 0.3) is 0 Å². The summed E-state index contributed by atoms with van der Waals surface area (Å²) in [6.07, 6.45) is -0.0900. The van der Waals surface area contributed by atoms with Crippen molar-refractivity contribution in [3.8, 4) is 11.5 Å². The van der Waals surface area contributed by atoms with Crippen molar-refractivity contribution in [2.45, 2.75) is 20.0 Å². The lowest BCUT2D eigenvalue weighted by Crippen LogP contribution is -2.50. The molecule has 0 saturated carbocycles. The third-order valence-corrected chi connectivity index (χ3v) is 3.88. The zero-order valence-electron chi connectivity index (χ0n) is 12.9. The number of ether oxygens (including phenoxy) is 2. The van der Waals surface area contributed by atoms with Gasteiger partial charge in [-0.2, -0.15) is 0 Å². The summed E-state index contributed by atoms with van der Waals surface area (Å²) in [7, 11) is 1.62. The Morgan fingerprint density at radius 2 is 2.10 bits per heavy atom. The Morgan fingerprint density at radius 1 is 1.38 bits per heavy atom. The molecule has 0 aliphatic carbocycles. The van der Waals surface area contributed by atoms with E-state index in [1.807, 2.05) is 38.1 Å². The Bertz CT molecular complexity index is 474. The van der Waals surface area contributed by atoms with Crippen LogP contribution in [0, 0.1) is 11.8 Å². The third kappa shape index (κ3) is 4.36. The minimum absolute atomic E-state index is 0.0512. The van der Waals surface area contributed by atoms with Crippen LogP contribution in [0.3, 0.4) is 0 Å². The highest BCUT2D eigenvalue weighted by molar-refractivity contribution is 5.78. The molecule has 1 saturated heterocycles. The molecule has 1 aliphatic heterocycles. The smallest absolute Gasteiger partial charge is 0.223 e. The van der Waals surface area contributed by atoms with Gasteiger partial charge in [0.05, 0.1) is 13.7 Å². The molecule has 1 aromatic carbocycles. The van der Waals surface area contributed by atoms with Gasteiger partial charge >= 0.3 is 0 Å². The second kappa shape index (κ2) is 7.31. The van der Waals surface area contributed by atoms with Gasteiger partial charge in [0.25, 0.3) is 0 Å². The molecule has 2 atom stereocenters. The van der Waals surface area contributed by atoms with Crippen LogP contribution < -0.4 is 20.1 Å². The molecular weight excluding hydrogens is 268 g/mol. The van der Waals surface area contributed by atoms with Crippen molar-refractivity contribution < 1.29 is 14.3 Å². The maximum Gasteiger partial charge on any atom is 0.223 e. The molecule has 2 N–H and O–H groups in total. The molecule has 116 valence electrons. The molecule has 1 amide bonds. The van der Waals surface area contributed by atoms with E-state index in [1.54, 1.807) is 7.11 Å². The molecule has 21 heavy (non-hydrogen) atoms. The first kappa shape index (κ1) is 15.6. The molecule has 5 heteroatoms. The number of hydrogen-bond acceptors (Lipinski definition) is 4. The standard InChI is InChI=1S/C16H24N2O3/c1-11(21-15-6-4-5-14(7-15)20-3)8-18-16(19)12(2)13-9-17-10-13/h4-7,11-13,17H,8-10H2,1-3H3,(H,18,19). The second-order valence-corrected chi connectivity index (χ2v) is 5.56. The van der Waals surface area contributed by atoms with Gasteiger partial charge in [-0.1, -0.05) is 13.0 Å². The van der Waals surface area contributed by atoms with E-state index in [4.69, 9.17) is 9.47 Å². The van der Waals surface area contributed by atoms with E-state index in [-0.39, 0.29) is 17.9 Å². The number of rotatable bonds is 7. The molecule has 2 rings (SSSR count). The van der Waals surface area contributed by atoms with Crippen LogP contribution in [-0.2, 0) is 4.79 Å². The number of carbonyl (C=O) groups excluding carboxylic acids is 1. The van der Waals surface area contributed by atoms with Crippen molar-refractivity contribution in [2.75, 3.05) is 26.7 Å². The Balaban J connectivity index is 1.75. The molecule has 2 unspecified atom stereocenters. The lowest BCUT2D eigenvalue weighted by atomic mass is 9.88. The van der Waals surface area contributed by atoms with Crippen LogP contribution in [0.15, 0.2) is 24.3 Å². The maximum atomic E-state index is 12.0. The van der Waals surface area contributed by atoms with E-state index in [9.17, 15) is 4.79 Å². The van der Waals surface area contributed by atoms with Crippen molar-refractivity contribution in [1.82, 2.24) is 10.6 Å². The lowest BCUT2D eigenvalue weighted by Gasteiger charge is -2.32. The number of amides is 1. The van der Waals surface area contributed by atoms with Gasteiger partial charge in [0, 0.05) is 12.0 Å². The minimum atomic E-state index is -0.0900. The Kier molecular flexibility index (Phi) is 5.44. The molecule has 0 bridgehead atoms. The van der Waals surface area contributed by atoms with Gasteiger partial charge < -0.3 is 20.1 Å². The molecule has 0 radical (unpaired) electrons. The molecule has 1 fully saturated rings. The average Bonchev–Trinajstić information content (AvgIpc) is 2.43. The fraction of sp³-hybridized carbons (Fsp3) is 0.562. The van der Waals surface area contributed by atoms with Gasteiger partial charge in [0.1, 0.15) is 17.6 Å². The summed E-state index contributed by atoms with van der Waals surface area (Å²) in [5.74, 6) is 2.11. The first-order chi connectivity index (χ1) is 10.1. The molecule has 0 spiro atoms. The predicted molar refractivity (Wildman–Crippen MR) is 81.6 cm³/mol. The summed E-state index contributed by atoms with van der Waals surface area (Å²) in [5.41, 5.74) is 0. The summed E-state index contributed by atoms with van der Waals surface area (Å²) in [6, 6.07) is 7.46. The Morgan fingerprint density at radius 3 is 2.71 bits per heavy atom. The van der Waals surface area contributed by atoms with Crippen LogP contribution >= 0.6 is 0 Å². The van der Waals surface area contributed by atoms with Crippen molar-refractivity contribution in [2.24, 2.45) is 11.8 Å². The second-order valence-electron chi connectivity index (χ2n) is 5.56. The van der Waals surface area contributed by atoms with Crippen LogP contribution in [0.1, 0.15) is 13.8 Å². The normalized spacial score (nSPS) is 17.5. The van der Waals surface area contributed by atoms with E-state index in [1.165, 1.54) is 0 Å². The number of benzene rings is 1. The van der Waals surface area contributed by atoms with E-state index >= 15 is 0 Å². The highest BCUT2D eigenvalue weighted by Crippen LogP contribution is 2.20. The fourth-order valence-electron chi connectivity index (χ4n) is 2.23. The first-order valence-electron chi connectivity index (χ1n) is 7.39. The molecule has 1 heterocycles. The summed E-state index contributed by atoms with van der Waals surface area (Å²) in [4.78, 5) is 12.0. The molecule has 5 nitrogen and oxygen atoms in total. The van der Waals surface area contributed by atoms with Gasteiger partial charge in [0.2, 0.25) is 5.91 Å². The number of methoxy groups -OCH3 is 1. The summed E-state index contributed by atoms with van der Waals surface area (Å²) in [5, 5.41) is 6.15. The number of hydrogen-bond donors (Lipinski definition) is 2. The van der Waals surface area contributed by atoms with Gasteiger partial charge in [-0.3, -0.25) is 4.79 Å². The summed E-state index contributed by atoms with van der Waals surface area (Å²) >= 11 is 0. The molecule has 1 aliphatic rings. The van der Waals surface area contributed by atoms with E-state index in [0.717, 1.165) is 24.6 Å². The van der Waals surface area contributed by atoms with Crippen LogP contribution in [0.2, 0.25) is 0 Å². The van der Waals surface area contributed by atoms with E-state index < -0.39 is 0 Å². The van der Waals surface area contributed by atoms with Crippen LogP contribution in [0.4, 0.5) is 0 Å².